The number of hydrogen-bond donors (Lipinski definition) is 2. The molecule has 9 heteroatoms. The Bertz CT molecular complexity index is 506. The first-order chi connectivity index (χ1) is 8.75. The van der Waals surface area contributed by atoms with E-state index in [1.54, 1.807) is 6.92 Å². The largest absolute Gasteiger partial charge is 0.356 e. The van der Waals surface area contributed by atoms with Gasteiger partial charge in [0.05, 0.1) is 0 Å². The fraction of sp³-hybridized carbons (Fsp3) is 0.500. The zero-order chi connectivity index (χ0) is 14.6. The van der Waals surface area contributed by atoms with E-state index in [-0.39, 0.29) is 0 Å². The zero-order valence-corrected chi connectivity index (χ0v) is 11.0. The van der Waals surface area contributed by atoms with E-state index in [0.717, 1.165) is 12.2 Å². The highest BCUT2D eigenvalue weighted by molar-refractivity contribution is 7.86. The van der Waals surface area contributed by atoms with Crippen molar-refractivity contribution in [1.82, 2.24) is 10.2 Å². The summed E-state index contributed by atoms with van der Waals surface area (Å²) in [6.07, 6.45) is 1.47. The molecule has 1 aliphatic rings. The molecule has 0 radical (unpaired) electrons. The Kier molecular flexibility index (Phi) is 4.78. The molecule has 1 aliphatic heterocycles. The van der Waals surface area contributed by atoms with Crippen LogP contribution in [-0.4, -0.2) is 53.9 Å². The van der Waals surface area contributed by atoms with Crippen LogP contribution in [0.3, 0.4) is 0 Å². The minimum Gasteiger partial charge on any atom is -0.356 e. The Morgan fingerprint density at radius 3 is 2.32 bits per heavy atom. The molecule has 0 spiro atoms. The maximum atomic E-state index is 11.3. The van der Waals surface area contributed by atoms with Crippen molar-refractivity contribution in [3.63, 3.8) is 0 Å². The van der Waals surface area contributed by atoms with Crippen LogP contribution in [0.15, 0.2) is 12.2 Å². The molecule has 19 heavy (non-hydrogen) atoms. The highest BCUT2D eigenvalue weighted by Gasteiger charge is 2.33. The number of carbonyl (C=O) groups is 3. The summed E-state index contributed by atoms with van der Waals surface area (Å²) in [7, 11) is -4.55. The van der Waals surface area contributed by atoms with E-state index in [1.165, 1.54) is 0 Å². The van der Waals surface area contributed by atoms with Crippen LogP contribution in [0.25, 0.3) is 0 Å². The van der Waals surface area contributed by atoms with Crippen LogP contribution in [0.4, 0.5) is 0 Å². The Hall–Kier alpha value is -1.74. The predicted molar refractivity (Wildman–Crippen MR) is 64.5 cm³/mol. The Morgan fingerprint density at radius 2 is 1.89 bits per heavy atom. The third-order valence-electron chi connectivity index (χ3n) is 2.50. The summed E-state index contributed by atoms with van der Waals surface area (Å²) < 4.78 is 31.4. The second-order valence-corrected chi connectivity index (χ2v) is 5.61. The minimum atomic E-state index is -4.55. The molecule has 1 heterocycles. The lowest BCUT2D eigenvalue weighted by Gasteiger charge is -2.19. The SMILES string of the molecule is CCNC(=O)CC(CN1C(=O)C=CC1=O)S(=O)(=O)O. The molecule has 0 bridgehead atoms. The van der Waals surface area contributed by atoms with Crippen LogP contribution >= 0.6 is 0 Å². The van der Waals surface area contributed by atoms with E-state index in [9.17, 15) is 22.8 Å². The van der Waals surface area contributed by atoms with Crippen LogP contribution < -0.4 is 5.32 Å². The van der Waals surface area contributed by atoms with Crippen molar-refractivity contribution in [1.29, 1.82) is 0 Å². The summed E-state index contributed by atoms with van der Waals surface area (Å²) in [6, 6.07) is 0. The standard InChI is InChI=1S/C10H14N2O6S/c1-2-11-8(13)5-7(19(16,17)18)6-12-9(14)3-4-10(12)15/h3-4,7H,2,5-6H2,1H3,(H,11,13)(H,16,17,18). The lowest BCUT2D eigenvalue weighted by molar-refractivity contribution is -0.137. The molecule has 1 atom stereocenters. The van der Waals surface area contributed by atoms with Gasteiger partial charge in [0, 0.05) is 31.7 Å². The van der Waals surface area contributed by atoms with Crippen molar-refractivity contribution < 1.29 is 27.4 Å². The van der Waals surface area contributed by atoms with Crippen LogP contribution in [-0.2, 0) is 24.5 Å². The van der Waals surface area contributed by atoms with Gasteiger partial charge >= 0.3 is 0 Å². The van der Waals surface area contributed by atoms with Crippen LogP contribution in [0.5, 0.6) is 0 Å². The van der Waals surface area contributed by atoms with E-state index in [2.05, 4.69) is 5.32 Å². The fourth-order valence-electron chi connectivity index (χ4n) is 1.55. The number of carbonyl (C=O) groups excluding carboxylic acids is 3. The third kappa shape index (κ3) is 4.14. The topological polar surface area (TPSA) is 121 Å². The van der Waals surface area contributed by atoms with Gasteiger partial charge in [0.25, 0.3) is 21.9 Å². The van der Waals surface area contributed by atoms with Gasteiger partial charge in [-0.05, 0) is 6.92 Å². The Balaban J connectivity index is 2.79. The molecule has 0 aromatic rings. The molecule has 8 nitrogen and oxygen atoms in total. The molecule has 1 rings (SSSR count). The van der Waals surface area contributed by atoms with Crippen molar-refractivity contribution in [2.24, 2.45) is 0 Å². The molecule has 0 aromatic carbocycles. The smallest absolute Gasteiger partial charge is 0.270 e. The van der Waals surface area contributed by atoms with Crippen LogP contribution in [0, 0.1) is 0 Å². The number of imide groups is 1. The van der Waals surface area contributed by atoms with E-state index < -0.39 is 46.1 Å². The van der Waals surface area contributed by atoms with Gasteiger partial charge < -0.3 is 5.32 Å². The first-order valence-electron chi connectivity index (χ1n) is 5.52. The predicted octanol–water partition coefficient (Wildman–Crippen LogP) is -1.31. The quantitative estimate of drug-likeness (QED) is 0.463. The molecule has 106 valence electrons. The average molecular weight is 290 g/mol. The summed E-state index contributed by atoms with van der Waals surface area (Å²) in [6.45, 7) is 1.40. The van der Waals surface area contributed by atoms with Gasteiger partial charge in [-0.1, -0.05) is 0 Å². The maximum absolute atomic E-state index is 11.3. The molecular weight excluding hydrogens is 276 g/mol. The minimum absolute atomic E-state index is 0.306. The van der Waals surface area contributed by atoms with Gasteiger partial charge in [-0.2, -0.15) is 8.42 Å². The number of amides is 3. The van der Waals surface area contributed by atoms with Gasteiger partial charge in [-0.15, -0.1) is 0 Å². The second-order valence-electron chi connectivity index (χ2n) is 3.92. The summed E-state index contributed by atoms with van der Waals surface area (Å²) >= 11 is 0. The van der Waals surface area contributed by atoms with Gasteiger partial charge in [0.2, 0.25) is 5.91 Å². The van der Waals surface area contributed by atoms with Crippen molar-refractivity contribution in [3.05, 3.63) is 12.2 Å². The molecule has 0 aromatic heterocycles. The molecule has 2 N–H and O–H groups in total. The van der Waals surface area contributed by atoms with Gasteiger partial charge in [-0.25, -0.2) is 0 Å². The van der Waals surface area contributed by atoms with Crippen LogP contribution in [0.2, 0.25) is 0 Å². The van der Waals surface area contributed by atoms with E-state index in [4.69, 9.17) is 4.55 Å². The summed E-state index contributed by atoms with van der Waals surface area (Å²) in [5.41, 5.74) is 0. The lowest BCUT2D eigenvalue weighted by atomic mass is 10.2. The molecule has 3 amide bonds. The number of nitrogens with one attached hydrogen (secondary N) is 1. The Labute approximate surface area is 110 Å². The van der Waals surface area contributed by atoms with Gasteiger partial charge in [0.15, 0.2) is 0 Å². The van der Waals surface area contributed by atoms with Crippen molar-refractivity contribution in [2.45, 2.75) is 18.6 Å². The summed E-state index contributed by atoms with van der Waals surface area (Å²) in [4.78, 5) is 34.6. The normalized spacial score (nSPS) is 16.8. The number of nitrogens with zero attached hydrogens (tertiary/aromatic N) is 1. The highest BCUT2D eigenvalue weighted by Crippen LogP contribution is 2.11. The monoisotopic (exact) mass is 290 g/mol. The van der Waals surface area contributed by atoms with E-state index in [1.807, 2.05) is 0 Å². The average Bonchev–Trinajstić information content (AvgIpc) is 2.58. The first-order valence-corrected chi connectivity index (χ1v) is 7.02. The van der Waals surface area contributed by atoms with Crippen molar-refractivity contribution in [3.8, 4) is 0 Å². The van der Waals surface area contributed by atoms with Crippen molar-refractivity contribution in [2.75, 3.05) is 13.1 Å². The van der Waals surface area contributed by atoms with E-state index >= 15 is 0 Å². The fourth-order valence-corrected chi connectivity index (χ4v) is 2.25. The molecule has 1 unspecified atom stereocenters. The molecule has 0 aliphatic carbocycles. The number of rotatable bonds is 6. The van der Waals surface area contributed by atoms with E-state index in [0.29, 0.717) is 11.4 Å². The van der Waals surface area contributed by atoms with Gasteiger partial charge in [0.1, 0.15) is 5.25 Å². The molecule has 0 fully saturated rings. The third-order valence-corrected chi connectivity index (χ3v) is 3.65. The van der Waals surface area contributed by atoms with Crippen molar-refractivity contribution >= 4 is 27.8 Å². The lowest BCUT2D eigenvalue weighted by Crippen LogP contribution is -2.42. The summed E-state index contributed by atoms with van der Waals surface area (Å²) in [5.74, 6) is -1.93. The Morgan fingerprint density at radius 1 is 1.37 bits per heavy atom. The maximum Gasteiger partial charge on any atom is 0.270 e. The molecular formula is C10H14N2O6S. The van der Waals surface area contributed by atoms with Crippen LogP contribution in [0.1, 0.15) is 13.3 Å². The first kappa shape index (κ1) is 15.3. The van der Waals surface area contributed by atoms with Gasteiger partial charge in [-0.3, -0.25) is 23.8 Å². The number of hydrogen-bond acceptors (Lipinski definition) is 5. The molecule has 0 saturated carbocycles. The highest BCUT2D eigenvalue weighted by atomic mass is 32.2. The second kappa shape index (κ2) is 5.93. The molecule has 0 saturated heterocycles. The zero-order valence-electron chi connectivity index (χ0n) is 10.2. The summed E-state index contributed by atoms with van der Waals surface area (Å²) in [5, 5.41) is 0.842.